The van der Waals surface area contributed by atoms with Crippen LogP contribution in [0.1, 0.15) is 53.4 Å². The zero-order valence-corrected chi connectivity index (χ0v) is 13.0. The van der Waals surface area contributed by atoms with E-state index in [-0.39, 0.29) is 6.04 Å². The van der Waals surface area contributed by atoms with E-state index in [9.17, 15) is 8.42 Å². The van der Waals surface area contributed by atoms with E-state index in [1.807, 2.05) is 0 Å². The van der Waals surface area contributed by atoms with Crippen molar-refractivity contribution in [2.45, 2.75) is 64.2 Å². The van der Waals surface area contributed by atoms with Crippen LogP contribution in [0.5, 0.6) is 0 Å². The average molecular weight is 276 g/mol. The smallest absolute Gasteiger partial charge is 0.219 e. The van der Waals surface area contributed by atoms with Gasteiger partial charge in [0.2, 0.25) is 10.0 Å². The fourth-order valence-corrected chi connectivity index (χ4v) is 3.94. The number of sulfonamides is 1. The fourth-order valence-electron chi connectivity index (χ4n) is 2.29. The Labute approximate surface area is 112 Å². The Morgan fingerprint density at radius 2 is 1.94 bits per heavy atom. The monoisotopic (exact) mass is 276 g/mol. The third kappa shape index (κ3) is 3.68. The Morgan fingerprint density at radius 3 is 2.50 bits per heavy atom. The molecule has 0 saturated carbocycles. The van der Waals surface area contributed by atoms with E-state index >= 15 is 0 Å². The van der Waals surface area contributed by atoms with E-state index in [1.165, 1.54) is 0 Å². The van der Waals surface area contributed by atoms with Crippen LogP contribution in [-0.2, 0) is 10.0 Å². The van der Waals surface area contributed by atoms with Gasteiger partial charge in [-0.2, -0.15) is 4.31 Å². The van der Waals surface area contributed by atoms with E-state index in [1.54, 1.807) is 25.1 Å². The van der Waals surface area contributed by atoms with Crippen molar-refractivity contribution in [3.05, 3.63) is 0 Å². The van der Waals surface area contributed by atoms with Crippen molar-refractivity contribution in [1.29, 1.82) is 0 Å². The highest BCUT2D eigenvalue weighted by Gasteiger charge is 2.39. The lowest BCUT2D eigenvalue weighted by Gasteiger charge is -2.38. The molecule has 0 spiro atoms. The lowest BCUT2D eigenvalue weighted by atomic mass is 10.1. The van der Waals surface area contributed by atoms with Crippen molar-refractivity contribution in [2.24, 2.45) is 0 Å². The molecule has 0 aromatic rings. The zero-order valence-electron chi connectivity index (χ0n) is 12.2. The van der Waals surface area contributed by atoms with Gasteiger partial charge < -0.3 is 5.32 Å². The molecule has 5 heteroatoms. The summed E-state index contributed by atoms with van der Waals surface area (Å²) in [5.41, 5.74) is 0. The van der Waals surface area contributed by atoms with Crippen molar-refractivity contribution in [3.8, 4) is 0 Å². The summed E-state index contributed by atoms with van der Waals surface area (Å²) in [5, 5.41) is 3.35. The molecule has 0 aliphatic carbocycles. The lowest BCUT2D eigenvalue weighted by Crippen LogP contribution is -2.53. The van der Waals surface area contributed by atoms with Crippen LogP contribution in [0.2, 0.25) is 0 Å². The van der Waals surface area contributed by atoms with Crippen LogP contribution in [0.4, 0.5) is 0 Å². The second-order valence-electron chi connectivity index (χ2n) is 6.08. The van der Waals surface area contributed by atoms with E-state index in [4.69, 9.17) is 0 Å². The molecular formula is C13H28N2O2S. The largest absolute Gasteiger partial charge is 0.315 e. The van der Waals surface area contributed by atoms with Gasteiger partial charge in [-0.15, -0.1) is 0 Å². The van der Waals surface area contributed by atoms with Crippen LogP contribution in [0.15, 0.2) is 0 Å². The average Bonchev–Trinajstić information content (AvgIpc) is 2.28. The van der Waals surface area contributed by atoms with Crippen molar-refractivity contribution in [2.75, 3.05) is 19.6 Å². The molecule has 1 aliphatic rings. The molecule has 0 bridgehead atoms. The first-order valence-corrected chi connectivity index (χ1v) is 8.47. The second kappa shape index (κ2) is 6.35. The minimum Gasteiger partial charge on any atom is -0.315 e. The number of nitrogens with zero attached hydrogens (tertiary/aromatic N) is 1. The summed E-state index contributed by atoms with van der Waals surface area (Å²) in [6, 6.07) is 0.134. The summed E-state index contributed by atoms with van der Waals surface area (Å²) in [6.07, 6.45) is 4.18. The third-order valence-electron chi connectivity index (χ3n) is 3.46. The molecule has 1 unspecified atom stereocenters. The molecule has 0 radical (unpaired) electrons. The first kappa shape index (κ1) is 15.9. The van der Waals surface area contributed by atoms with Crippen molar-refractivity contribution < 1.29 is 8.42 Å². The summed E-state index contributed by atoms with van der Waals surface area (Å²) in [5.74, 6) is 0. The van der Waals surface area contributed by atoms with Gasteiger partial charge in [-0.05, 0) is 46.6 Å². The van der Waals surface area contributed by atoms with Crippen LogP contribution in [-0.4, -0.2) is 43.1 Å². The normalized spacial score (nSPS) is 23.2. The number of hydrogen-bond donors (Lipinski definition) is 1. The fraction of sp³-hybridized carbons (Fsp3) is 1.00. The first-order valence-electron chi connectivity index (χ1n) is 7.03. The van der Waals surface area contributed by atoms with Gasteiger partial charge in [0, 0.05) is 19.1 Å². The molecule has 1 atom stereocenters. The van der Waals surface area contributed by atoms with Gasteiger partial charge >= 0.3 is 0 Å². The molecule has 108 valence electrons. The molecule has 1 heterocycles. The van der Waals surface area contributed by atoms with Gasteiger partial charge in [0.15, 0.2) is 0 Å². The zero-order chi connectivity index (χ0) is 13.8. The summed E-state index contributed by atoms with van der Waals surface area (Å²) in [4.78, 5) is 0. The van der Waals surface area contributed by atoms with Crippen LogP contribution < -0.4 is 5.32 Å². The van der Waals surface area contributed by atoms with Gasteiger partial charge in [-0.25, -0.2) is 8.42 Å². The number of rotatable bonds is 5. The predicted octanol–water partition coefficient (Wildman–Crippen LogP) is 1.97. The van der Waals surface area contributed by atoms with Crippen LogP contribution >= 0.6 is 0 Å². The minimum atomic E-state index is -3.19. The molecule has 1 N–H and O–H groups in total. The van der Waals surface area contributed by atoms with E-state index in [0.717, 1.165) is 38.8 Å². The van der Waals surface area contributed by atoms with Gasteiger partial charge in [-0.1, -0.05) is 13.3 Å². The maximum atomic E-state index is 12.5. The minimum absolute atomic E-state index is 0.134. The SMILES string of the molecule is CCCNCC1CCCCN1S(=O)(=O)C(C)(C)C. The topological polar surface area (TPSA) is 49.4 Å². The predicted molar refractivity (Wildman–Crippen MR) is 76.2 cm³/mol. The highest BCUT2D eigenvalue weighted by molar-refractivity contribution is 7.90. The molecule has 18 heavy (non-hydrogen) atoms. The summed E-state index contributed by atoms with van der Waals surface area (Å²) in [7, 11) is -3.19. The molecule has 1 aliphatic heterocycles. The van der Waals surface area contributed by atoms with Crippen molar-refractivity contribution >= 4 is 10.0 Å². The van der Waals surface area contributed by atoms with Crippen LogP contribution in [0, 0.1) is 0 Å². The number of piperidine rings is 1. The Bertz CT molecular complexity index is 346. The first-order chi connectivity index (χ1) is 8.30. The van der Waals surface area contributed by atoms with Crippen molar-refractivity contribution in [1.82, 2.24) is 9.62 Å². The van der Waals surface area contributed by atoms with E-state index in [0.29, 0.717) is 6.54 Å². The molecule has 1 fully saturated rings. The maximum absolute atomic E-state index is 12.5. The van der Waals surface area contributed by atoms with E-state index in [2.05, 4.69) is 12.2 Å². The van der Waals surface area contributed by atoms with Gasteiger partial charge in [0.25, 0.3) is 0 Å². The Hall–Kier alpha value is -0.130. The molecule has 1 saturated heterocycles. The number of nitrogens with one attached hydrogen (secondary N) is 1. The molecular weight excluding hydrogens is 248 g/mol. The highest BCUT2D eigenvalue weighted by Crippen LogP contribution is 2.27. The van der Waals surface area contributed by atoms with Gasteiger partial charge in [-0.3, -0.25) is 0 Å². The quantitative estimate of drug-likeness (QED) is 0.781. The highest BCUT2D eigenvalue weighted by atomic mass is 32.2. The third-order valence-corrected chi connectivity index (χ3v) is 6.11. The molecule has 4 nitrogen and oxygen atoms in total. The Kier molecular flexibility index (Phi) is 5.62. The summed E-state index contributed by atoms with van der Waals surface area (Å²) < 4.78 is 26.1. The Morgan fingerprint density at radius 1 is 1.28 bits per heavy atom. The Balaban J connectivity index is 2.76. The summed E-state index contributed by atoms with van der Waals surface area (Å²) >= 11 is 0. The molecule has 1 rings (SSSR count). The second-order valence-corrected chi connectivity index (χ2v) is 8.73. The van der Waals surface area contributed by atoms with Gasteiger partial charge in [0.05, 0.1) is 4.75 Å². The molecule has 0 amide bonds. The van der Waals surface area contributed by atoms with Crippen molar-refractivity contribution in [3.63, 3.8) is 0 Å². The number of hydrogen-bond acceptors (Lipinski definition) is 3. The van der Waals surface area contributed by atoms with Gasteiger partial charge in [0.1, 0.15) is 0 Å². The maximum Gasteiger partial charge on any atom is 0.219 e. The molecule has 0 aromatic heterocycles. The summed E-state index contributed by atoms with van der Waals surface area (Å²) in [6.45, 7) is 9.90. The van der Waals surface area contributed by atoms with E-state index < -0.39 is 14.8 Å². The molecule has 0 aromatic carbocycles. The van der Waals surface area contributed by atoms with Crippen LogP contribution in [0.25, 0.3) is 0 Å². The standard InChI is InChI=1S/C13H28N2O2S/c1-5-9-14-11-12-8-6-7-10-15(12)18(16,17)13(2,3)4/h12,14H,5-11H2,1-4H3. The lowest BCUT2D eigenvalue weighted by molar-refractivity contribution is 0.240. The van der Waals surface area contributed by atoms with Crippen LogP contribution in [0.3, 0.4) is 0 Å².